The van der Waals surface area contributed by atoms with Gasteiger partial charge in [-0.05, 0) is 24.6 Å². The Morgan fingerprint density at radius 2 is 2.12 bits per heavy atom. The number of benzene rings is 1. The van der Waals surface area contributed by atoms with E-state index in [1.54, 1.807) is 19.1 Å². The third kappa shape index (κ3) is 3.98. The van der Waals surface area contributed by atoms with Crippen LogP contribution in [0.5, 0.6) is 5.75 Å². The molecule has 4 N–H and O–H groups in total. The van der Waals surface area contributed by atoms with Crippen molar-refractivity contribution in [2.24, 2.45) is 0 Å². The maximum absolute atomic E-state index is 9.52. The van der Waals surface area contributed by atoms with Crippen LogP contribution in [0.2, 0.25) is 5.02 Å². The first-order valence-corrected chi connectivity index (χ1v) is 5.34. The molecule has 90 valence electrons. The molecular formula is C11H16ClNO3. The largest absolute Gasteiger partial charge is 0.506 e. The van der Waals surface area contributed by atoms with Gasteiger partial charge in [0, 0.05) is 13.1 Å². The minimum atomic E-state index is -1.12. The number of hydrogen-bond donors (Lipinski definition) is 4. The van der Waals surface area contributed by atoms with Crippen LogP contribution in [0.4, 0.5) is 0 Å². The second-order valence-corrected chi connectivity index (χ2v) is 4.45. The Morgan fingerprint density at radius 3 is 2.69 bits per heavy atom. The maximum Gasteiger partial charge on any atom is 0.134 e. The fourth-order valence-corrected chi connectivity index (χ4v) is 1.40. The van der Waals surface area contributed by atoms with Crippen molar-refractivity contribution < 1.29 is 15.3 Å². The highest BCUT2D eigenvalue weighted by Gasteiger charge is 2.17. The molecule has 0 aliphatic rings. The molecule has 0 heterocycles. The van der Waals surface area contributed by atoms with E-state index < -0.39 is 5.60 Å². The lowest BCUT2D eigenvalue weighted by atomic mass is 10.1. The molecule has 1 atom stereocenters. The molecule has 0 aromatic heterocycles. The first-order chi connectivity index (χ1) is 7.44. The highest BCUT2D eigenvalue weighted by atomic mass is 35.5. The van der Waals surface area contributed by atoms with Crippen molar-refractivity contribution in [1.82, 2.24) is 5.32 Å². The van der Waals surface area contributed by atoms with E-state index in [4.69, 9.17) is 16.7 Å². The molecule has 1 unspecified atom stereocenters. The Morgan fingerprint density at radius 1 is 1.44 bits per heavy atom. The Bertz CT molecular complexity index is 355. The average Bonchev–Trinajstić information content (AvgIpc) is 2.23. The van der Waals surface area contributed by atoms with E-state index in [9.17, 15) is 10.2 Å². The lowest BCUT2D eigenvalue weighted by Gasteiger charge is -2.20. The summed E-state index contributed by atoms with van der Waals surface area (Å²) < 4.78 is 0. The van der Waals surface area contributed by atoms with E-state index in [1.807, 2.05) is 0 Å². The molecule has 4 nitrogen and oxygen atoms in total. The summed E-state index contributed by atoms with van der Waals surface area (Å²) in [6, 6.07) is 4.91. The summed E-state index contributed by atoms with van der Waals surface area (Å²) in [5.74, 6) is 0.0489. The van der Waals surface area contributed by atoms with Crippen molar-refractivity contribution in [3.05, 3.63) is 28.8 Å². The van der Waals surface area contributed by atoms with Crippen LogP contribution in [0.3, 0.4) is 0 Å². The molecule has 16 heavy (non-hydrogen) atoms. The summed E-state index contributed by atoms with van der Waals surface area (Å²) >= 11 is 5.74. The number of hydrogen-bond acceptors (Lipinski definition) is 4. The summed E-state index contributed by atoms with van der Waals surface area (Å²) in [7, 11) is 0. The van der Waals surface area contributed by atoms with Crippen molar-refractivity contribution in [3.8, 4) is 5.75 Å². The topological polar surface area (TPSA) is 72.7 Å². The standard InChI is InChI=1S/C11H16ClNO3/c1-11(16,7-14)6-13-5-8-2-3-10(15)9(12)4-8/h2-4,13-16H,5-7H2,1H3. The molecule has 0 spiro atoms. The molecule has 1 aromatic rings. The number of aliphatic hydroxyl groups is 2. The summed E-state index contributed by atoms with van der Waals surface area (Å²) in [5.41, 5.74) is -0.225. The SMILES string of the molecule is CC(O)(CO)CNCc1ccc(O)c(Cl)c1. The maximum atomic E-state index is 9.52. The molecule has 0 aliphatic carbocycles. The van der Waals surface area contributed by atoms with Gasteiger partial charge in [-0.2, -0.15) is 0 Å². The predicted molar refractivity (Wildman–Crippen MR) is 62.5 cm³/mol. The molecule has 0 radical (unpaired) electrons. The zero-order chi connectivity index (χ0) is 12.2. The number of nitrogens with one attached hydrogen (secondary N) is 1. The van der Waals surface area contributed by atoms with Crippen molar-refractivity contribution in [2.45, 2.75) is 19.1 Å². The van der Waals surface area contributed by atoms with Gasteiger partial charge in [0.1, 0.15) is 5.75 Å². The van der Waals surface area contributed by atoms with Gasteiger partial charge in [-0.15, -0.1) is 0 Å². The van der Waals surface area contributed by atoms with Gasteiger partial charge in [0.15, 0.2) is 0 Å². The van der Waals surface area contributed by atoms with E-state index >= 15 is 0 Å². The summed E-state index contributed by atoms with van der Waals surface area (Å²) in [5, 5.41) is 30.8. The molecule has 0 saturated carbocycles. The van der Waals surface area contributed by atoms with Crippen LogP contribution in [0.15, 0.2) is 18.2 Å². The van der Waals surface area contributed by atoms with Crippen molar-refractivity contribution in [3.63, 3.8) is 0 Å². The van der Waals surface area contributed by atoms with E-state index in [0.29, 0.717) is 11.6 Å². The summed E-state index contributed by atoms with van der Waals surface area (Å²) in [6.07, 6.45) is 0. The monoisotopic (exact) mass is 245 g/mol. The lowest BCUT2D eigenvalue weighted by molar-refractivity contribution is 0.00254. The van der Waals surface area contributed by atoms with Crippen molar-refractivity contribution >= 4 is 11.6 Å². The smallest absolute Gasteiger partial charge is 0.134 e. The average molecular weight is 246 g/mol. The number of aromatic hydroxyl groups is 1. The molecule has 0 fully saturated rings. The molecule has 0 bridgehead atoms. The second-order valence-electron chi connectivity index (χ2n) is 4.04. The molecule has 0 saturated heterocycles. The molecule has 0 amide bonds. The van der Waals surface area contributed by atoms with Gasteiger partial charge in [-0.1, -0.05) is 17.7 Å². The van der Waals surface area contributed by atoms with E-state index in [2.05, 4.69) is 5.32 Å². The number of phenolic OH excluding ortho intramolecular Hbond substituents is 1. The van der Waals surface area contributed by atoms with Gasteiger partial charge in [-0.25, -0.2) is 0 Å². The third-order valence-electron chi connectivity index (χ3n) is 2.19. The number of rotatable bonds is 5. The van der Waals surface area contributed by atoms with Crippen molar-refractivity contribution in [1.29, 1.82) is 0 Å². The van der Waals surface area contributed by atoms with Gasteiger partial charge in [0.05, 0.1) is 17.2 Å². The van der Waals surface area contributed by atoms with Crippen LogP contribution in [0.25, 0.3) is 0 Å². The van der Waals surface area contributed by atoms with Gasteiger partial charge >= 0.3 is 0 Å². The van der Waals surface area contributed by atoms with Crippen molar-refractivity contribution in [2.75, 3.05) is 13.2 Å². The molecule has 5 heteroatoms. The minimum absolute atomic E-state index is 0.0489. The van der Waals surface area contributed by atoms with Gasteiger partial charge in [0.2, 0.25) is 0 Å². The Labute approximate surface area is 99.5 Å². The second kappa shape index (κ2) is 5.50. The fraction of sp³-hybridized carbons (Fsp3) is 0.455. The Hall–Kier alpha value is -0.810. The Kier molecular flexibility index (Phi) is 4.56. The van der Waals surface area contributed by atoms with Crippen LogP contribution in [0.1, 0.15) is 12.5 Å². The highest BCUT2D eigenvalue weighted by molar-refractivity contribution is 6.32. The third-order valence-corrected chi connectivity index (χ3v) is 2.49. The van der Waals surface area contributed by atoms with Crippen LogP contribution in [-0.2, 0) is 6.54 Å². The zero-order valence-electron chi connectivity index (χ0n) is 9.07. The predicted octanol–water partition coefficient (Wildman–Crippen LogP) is 0.878. The van der Waals surface area contributed by atoms with Gasteiger partial charge in [0.25, 0.3) is 0 Å². The quantitative estimate of drug-likeness (QED) is 0.622. The van der Waals surface area contributed by atoms with E-state index in [0.717, 1.165) is 5.56 Å². The molecular weight excluding hydrogens is 230 g/mol. The molecule has 1 aromatic carbocycles. The fourth-order valence-electron chi connectivity index (χ4n) is 1.19. The minimum Gasteiger partial charge on any atom is -0.506 e. The normalized spacial score (nSPS) is 14.8. The molecule has 1 rings (SSSR count). The first kappa shape index (κ1) is 13.3. The van der Waals surface area contributed by atoms with E-state index in [-0.39, 0.29) is 18.9 Å². The van der Waals surface area contributed by atoms with E-state index in [1.165, 1.54) is 6.07 Å². The number of phenols is 1. The highest BCUT2D eigenvalue weighted by Crippen LogP contribution is 2.23. The zero-order valence-corrected chi connectivity index (χ0v) is 9.83. The summed E-state index contributed by atoms with van der Waals surface area (Å²) in [4.78, 5) is 0. The first-order valence-electron chi connectivity index (χ1n) is 4.96. The lowest BCUT2D eigenvalue weighted by Crippen LogP contribution is -2.40. The molecule has 0 aliphatic heterocycles. The van der Waals surface area contributed by atoms with Crippen LogP contribution < -0.4 is 5.32 Å². The summed E-state index contributed by atoms with van der Waals surface area (Å²) in [6.45, 7) is 2.04. The van der Waals surface area contributed by atoms with Crippen LogP contribution >= 0.6 is 11.6 Å². The number of aliphatic hydroxyl groups excluding tert-OH is 1. The van der Waals surface area contributed by atoms with Crippen LogP contribution in [-0.4, -0.2) is 34.1 Å². The van der Waals surface area contributed by atoms with Crippen LogP contribution in [0, 0.1) is 0 Å². The van der Waals surface area contributed by atoms with Gasteiger partial charge in [-0.3, -0.25) is 0 Å². The Balaban J connectivity index is 2.46. The van der Waals surface area contributed by atoms with Gasteiger partial charge < -0.3 is 20.6 Å². The number of halogens is 1.